The molecule has 0 aromatic carbocycles. The maximum atomic E-state index is 13.2. The van der Waals surface area contributed by atoms with Crippen molar-refractivity contribution in [2.45, 2.75) is 62.8 Å². The molecule has 2 N–H and O–H groups in total. The SMILES string of the molecule is CC(=O)N1CCN(C[C@@H]2OC[C@H](NC3CCC(F)(F)CC3)[C@H]2O)CC1. The van der Waals surface area contributed by atoms with Crippen molar-refractivity contribution in [1.82, 2.24) is 15.1 Å². The zero-order chi connectivity index (χ0) is 18.0. The van der Waals surface area contributed by atoms with Crippen LogP contribution in [0.4, 0.5) is 8.78 Å². The number of nitrogens with zero attached hydrogens (tertiary/aromatic N) is 2. The first-order chi connectivity index (χ1) is 11.8. The predicted octanol–water partition coefficient (Wildman–Crippen LogP) is 0.446. The number of carbonyl (C=O) groups excluding carboxylic acids is 1. The lowest BCUT2D eigenvalue weighted by Crippen LogP contribution is -2.53. The lowest BCUT2D eigenvalue weighted by atomic mass is 9.91. The first-order valence-electron chi connectivity index (χ1n) is 9.25. The summed E-state index contributed by atoms with van der Waals surface area (Å²) in [5.41, 5.74) is 0. The van der Waals surface area contributed by atoms with Gasteiger partial charge in [0.2, 0.25) is 11.8 Å². The van der Waals surface area contributed by atoms with Crippen LogP contribution in [0.15, 0.2) is 0 Å². The number of piperazine rings is 1. The number of nitrogens with one attached hydrogen (secondary N) is 1. The average Bonchev–Trinajstić information content (AvgIpc) is 2.90. The Hall–Kier alpha value is -0.830. The van der Waals surface area contributed by atoms with Crippen molar-refractivity contribution in [1.29, 1.82) is 0 Å². The molecule has 1 amide bonds. The summed E-state index contributed by atoms with van der Waals surface area (Å²) in [6.45, 7) is 5.59. The molecule has 1 aliphatic carbocycles. The Morgan fingerprint density at radius 3 is 2.48 bits per heavy atom. The minimum absolute atomic E-state index is 0.0285. The first-order valence-corrected chi connectivity index (χ1v) is 9.25. The van der Waals surface area contributed by atoms with Crippen LogP contribution in [-0.4, -0.2) is 90.4 Å². The molecule has 0 unspecified atom stereocenters. The number of amides is 1. The topological polar surface area (TPSA) is 65.0 Å². The van der Waals surface area contributed by atoms with Crippen LogP contribution in [0.5, 0.6) is 0 Å². The summed E-state index contributed by atoms with van der Waals surface area (Å²) in [7, 11) is 0. The lowest BCUT2D eigenvalue weighted by molar-refractivity contribution is -0.130. The smallest absolute Gasteiger partial charge is 0.248 e. The van der Waals surface area contributed by atoms with Crippen LogP contribution in [0.3, 0.4) is 0 Å². The number of alkyl halides is 2. The van der Waals surface area contributed by atoms with E-state index in [-0.39, 0.29) is 36.9 Å². The molecule has 0 bridgehead atoms. The molecule has 2 aliphatic heterocycles. The minimum Gasteiger partial charge on any atom is -0.389 e. The van der Waals surface area contributed by atoms with Gasteiger partial charge in [0.1, 0.15) is 0 Å². The molecular weight excluding hydrogens is 332 g/mol. The highest BCUT2D eigenvalue weighted by Gasteiger charge is 2.40. The second-order valence-corrected chi connectivity index (χ2v) is 7.57. The third-order valence-electron chi connectivity index (χ3n) is 5.71. The number of aliphatic hydroxyl groups excluding tert-OH is 1. The van der Waals surface area contributed by atoms with E-state index in [1.807, 2.05) is 4.90 Å². The zero-order valence-corrected chi connectivity index (χ0v) is 14.8. The molecule has 25 heavy (non-hydrogen) atoms. The van der Waals surface area contributed by atoms with E-state index in [4.69, 9.17) is 4.74 Å². The molecule has 1 saturated carbocycles. The summed E-state index contributed by atoms with van der Waals surface area (Å²) in [5, 5.41) is 13.8. The van der Waals surface area contributed by atoms with Gasteiger partial charge in [-0.15, -0.1) is 0 Å². The Morgan fingerprint density at radius 1 is 1.24 bits per heavy atom. The van der Waals surface area contributed by atoms with E-state index < -0.39 is 12.0 Å². The van der Waals surface area contributed by atoms with E-state index in [1.54, 1.807) is 6.92 Å². The Kier molecular flexibility index (Phi) is 5.92. The molecular formula is C17H29F2N3O3. The van der Waals surface area contributed by atoms with E-state index in [1.165, 1.54) is 0 Å². The second-order valence-electron chi connectivity index (χ2n) is 7.57. The van der Waals surface area contributed by atoms with Crippen molar-refractivity contribution in [3.8, 4) is 0 Å². The number of ether oxygens (including phenoxy) is 1. The predicted molar refractivity (Wildman–Crippen MR) is 88.6 cm³/mol. The molecule has 3 rings (SSSR count). The average molecular weight is 361 g/mol. The van der Waals surface area contributed by atoms with Gasteiger partial charge in [0.05, 0.1) is 24.9 Å². The normalized spacial score (nSPS) is 34.4. The van der Waals surface area contributed by atoms with Crippen molar-refractivity contribution < 1.29 is 23.4 Å². The Bertz CT molecular complexity index is 462. The molecule has 0 aromatic heterocycles. The van der Waals surface area contributed by atoms with Crippen molar-refractivity contribution in [3.05, 3.63) is 0 Å². The van der Waals surface area contributed by atoms with E-state index >= 15 is 0 Å². The van der Waals surface area contributed by atoms with Gasteiger partial charge >= 0.3 is 0 Å². The minimum atomic E-state index is -2.53. The van der Waals surface area contributed by atoms with E-state index in [0.717, 1.165) is 13.1 Å². The molecule has 2 heterocycles. The molecule has 0 radical (unpaired) electrons. The summed E-state index contributed by atoms with van der Waals surface area (Å²) < 4.78 is 32.2. The third-order valence-corrected chi connectivity index (χ3v) is 5.71. The van der Waals surface area contributed by atoms with Gasteiger partial charge in [-0.1, -0.05) is 0 Å². The number of hydrogen-bond donors (Lipinski definition) is 2. The molecule has 6 nitrogen and oxygen atoms in total. The van der Waals surface area contributed by atoms with Crippen LogP contribution in [-0.2, 0) is 9.53 Å². The number of rotatable bonds is 4. The van der Waals surface area contributed by atoms with Crippen LogP contribution >= 0.6 is 0 Å². The largest absolute Gasteiger partial charge is 0.389 e. The maximum Gasteiger partial charge on any atom is 0.248 e. The number of hydrogen-bond acceptors (Lipinski definition) is 5. The third kappa shape index (κ3) is 4.87. The second kappa shape index (κ2) is 7.82. The van der Waals surface area contributed by atoms with Crippen molar-refractivity contribution >= 4 is 5.91 Å². The first kappa shape index (κ1) is 18.9. The molecule has 3 aliphatic rings. The van der Waals surface area contributed by atoms with Gasteiger partial charge in [-0.25, -0.2) is 8.78 Å². The van der Waals surface area contributed by atoms with Crippen molar-refractivity contribution in [3.63, 3.8) is 0 Å². The van der Waals surface area contributed by atoms with E-state index in [2.05, 4.69) is 10.2 Å². The van der Waals surface area contributed by atoms with Crippen LogP contribution in [0.25, 0.3) is 0 Å². The van der Waals surface area contributed by atoms with E-state index in [0.29, 0.717) is 39.1 Å². The zero-order valence-electron chi connectivity index (χ0n) is 14.8. The molecule has 144 valence electrons. The number of aliphatic hydroxyl groups is 1. The Labute approximate surface area is 147 Å². The van der Waals surface area contributed by atoms with Crippen LogP contribution in [0, 0.1) is 0 Å². The van der Waals surface area contributed by atoms with Crippen LogP contribution in [0.1, 0.15) is 32.6 Å². The Morgan fingerprint density at radius 2 is 1.88 bits per heavy atom. The fourth-order valence-electron chi connectivity index (χ4n) is 4.00. The summed E-state index contributed by atoms with van der Waals surface area (Å²) in [6, 6.07) is -0.166. The fourth-order valence-corrected chi connectivity index (χ4v) is 4.00. The van der Waals surface area contributed by atoms with E-state index in [9.17, 15) is 18.7 Å². The molecule has 0 aromatic rings. The van der Waals surface area contributed by atoms with Crippen LogP contribution in [0.2, 0.25) is 0 Å². The molecule has 3 atom stereocenters. The monoisotopic (exact) mass is 361 g/mol. The summed E-state index contributed by atoms with van der Waals surface area (Å²) in [5.74, 6) is -2.44. The van der Waals surface area contributed by atoms with Gasteiger partial charge in [0.15, 0.2) is 0 Å². The van der Waals surface area contributed by atoms with Gasteiger partial charge in [-0.05, 0) is 12.8 Å². The van der Waals surface area contributed by atoms with Gasteiger partial charge in [0, 0.05) is 58.5 Å². The highest BCUT2D eigenvalue weighted by Crippen LogP contribution is 2.33. The molecule has 3 fully saturated rings. The van der Waals surface area contributed by atoms with Crippen molar-refractivity contribution in [2.24, 2.45) is 0 Å². The number of halogens is 2. The highest BCUT2D eigenvalue weighted by atomic mass is 19.3. The standard InChI is InChI=1S/C17H29F2N3O3/c1-12(23)22-8-6-21(7-9-22)10-15-16(24)14(11-25-15)20-13-2-4-17(18,19)5-3-13/h13-16,20,24H,2-11H2,1H3/t14-,15-,16+/m0/s1. The van der Waals surface area contributed by atoms with Gasteiger partial charge in [-0.2, -0.15) is 0 Å². The quantitative estimate of drug-likeness (QED) is 0.761. The van der Waals surface area contributed by atoms with Gasteiger partial charge < -0.3 is 20.1 Å². The number of carbonyl (C=O) groups is 1. The summed E-state index contributed by atoms with van der Waals surface area (Å²) in [4.78, 5) is 15.4. The summed E-state index contributed by atoms with van der Waals surface area (Å²) in [6.07, 6.45) is -0.197. The van der Waals surface area contributed by atoms with Crippen LogP contribution < -0.4 is 5.32 Å². The van der Waals surface area contributed by atoms with Crippen molar-refractivity contribution in [2.75, 3.05) is 39.3 Å². The fraction of sp³-hybridized carbons (Fsp3) is 0.941. The van der Waals surface area contributed by atoms with Gasteiger partial charge in [0.25, 0.3) is 0 Å². The summed E-state index contributed by atoms with van der Waals surface area (Å²) >= 11 is 0. The maximum absolute atomic E-state index is 13.2. The lowest BCUT2D eigenvalue weighted by Gasteiger charge is -2.36. The Balaban J connectivity index is 1.41. The van der Waals surface area contributed by atoms with Gasteiger partial charge in [-0.3, -0.25) is 9.69 Å². The molecule has 2 saturated heterocycles. The highest BCUT2D eigenvalue weighted by molar-refractivity contribution is 5.73. The molecule has 0 spiro atoms. The molecule has 8 heteroatoms.